The molecule has 1 saturated heterocycles. The first-order valence-corrected chi connectivity index (χ1v) is 8.10. The molecule has 5 nitrogen and oxygen atoms in total. The van der Waals surface area contributed by atoms with Crippen LogP contribution in [0, 0.1) is 11.3 Å². The molecule has 22 heavy (non-hydrogen) atoms. The SMILES string of the molecule is CC[C@@]1(C(=O)N2CCC[C@H]2COC)C[C@H](C)C(=O)C=C1OC. The first-order valence-electron chi connectivity index (χ1n) is 8.10. The van der Waals surface area contributed by atoms with Crippen LogP contribution in [0.3, 0.4) is 0 Å². The van der Waals surface area contributed by atoms with Crippen molar-refractivity contribution in [3.8, 4) is 0 Å². The predicted octanol–water partition coefficient (Wildman–Crippen LogP) is 2.16. The molecular formula is C17H27NO4. The van der Waals surface area contributed by atoms with E-state index in [1.54, 1.807) is 14.2 Å². The van der Waals surface area contributed by atoms with Crippen molar-refractivity contribution in [3.63, 3.8) is 0 Å². The molecule has 0 bridgehead atoms. The van der Waals surface area contributed by atoms with E-state index in [0.29, 0.717) is 25.2 Å². The fourth-order valence-corrected chi connectivity index (χ4v) is 3.79. The molecule has 124 valence electrons. The Morgan fingerprint density at radius 3 is 2.77 bits per heavy atom. The number of carbonyl (C=O) groups excluding carboxylic acids is 2. The number of allylic oxidation sites excluding steroid dienone is 1. The molecule has 5 heteroatoms. The van der Waals surface area contributed by atoms with Crippen molar-refractivity contribution in [1.82, 2.24) is 4.90 Å². The minimum absolute atomic E-state index is 0.0450. The van der Waals surface area contributed by atoms with Gasteiger partial charge in [0.1, 0.15) is 11.2 Å². The van der Waals surface area contributed by atoms with E-state index in [2.05, 4.69) is 0 Å². The second-order valence-electron chi connectivity index (χ2n) is 6.41. The van der Waals surface area contributed by atoms with Crippen LogP contribution in [0.1, 0.15) is 39.5 Å². The van der Waals surface area contributed by atoms with Crippen LogP contribution in [-0.4, -0.2) is 50.0 Å². The molecule has 1 amide bonds. The summed E-state index contributed by atoms with van der Waals surface area (Å²) in [6, 6.07) is 0.131. The van der Waals surface area contributed by atoms with Crippen molar-refractivity contribution < 1.29 is 19.1 Å². The molecule has 3 atom stereocenters. The van der Waals surface area contributed by atoms with Gasteiger partial charge in [-0.15, -0.1) is 0 Å². The normalized spacial score (nSPS) is 32.1. The van der Waals surface area contributed by atoms with Crippen LogP contribution in [0.2, 0.25) is 0 Å². The fourth-order valence-electron chi connectivity index (χ4n) is 3.79. The Bertz CT molecular complexity index is 473. The average Bonchev–Trinajstić information content (AvgIpc) is 2.97. The molecule has 2 rings (SSSR count). The van der Waals surface area contributed by atoms with E-state index in [4.69, 9.17) is 9.47 Å². The molecule has 0 spiro atoms. The summed E-state index contributed by atoms with van der Waals surface area (Å²) in [5, 5.41) is 0. The van der Waals surface area contributed by atoms with Gasteiger partial charge in [0.2, 0.25) is 5.91 Å². The Morgan fingerprint density at radius 2 is 2.18 bits per heavy atom. The highest BCUT2D eigenvalue weighted by Gasteiger charge is 2.50. The number of amides is 1. The zero-order valence-corrected chi connectivity index (χ0v) is 14.1. The van der Waals surface area contributed by atoms with Gasteiger partial charge in [-0.3, -0.25) is 9.59 Å². The van der Waals surface area contributed by atoms with E-state index >= 15 is 0 Å². The number of methoxy groups -OCH3 is 2. The highest BCUT2D eigenvalue weighted by molar-refractivity contribution is 5.97. The zero-order chi connectivity index (χ0) is 16.3. The van der Waals surface area contributed by atoms with E-state index in [0.717, 1.165) is 19.4 Å². The van der Waals surface area contributed by atoms with Gasteiger partial charge in [-0.2, -0.15) is 0 Å². The van der Waals surface area contributed by atoms with Gasteiger partial charge in [-0.05, 0) is 25.7 Å². The van der Waals surface area contributed by atoms with Crippen molar-refractivity contribution in [2.75, 3.05) is 27.4 Å². The van der Waals surface area contributed by atoms with Crippen LogP contribution in [0.4, 0.5) is 0 Å². The van der Waals surface area contributed by atoms with Crippen LogP contribution in [-0.2, 0) is 19.1 Å². The molecule has 0 aromatic carbocycles. The van der Waals surface area contributed by atoms with Gasteiger partial charge in [0.15, 0.2) is 5.78 Å². The molecule has 2 aliphatic rings. The third-order valence-electron chi connectivity index (χ3n) is 5.12. The van der Waals surface area contributed by atoms with E-state index < -0.39 is 5.41 Å². The Kier molecular flexibility index (Phi) is 5.27. The van der Waals surface area contributed by atoms with Gasteiger partial charge in [0.25, 0.3) is 0 Å². The lowest BCUT2D eigenvalue weighted by Crippen LogP contribution is -2.50. The average molecular weight is 309 g/mol. The van der Waals surface area contributed by atoms with E-state index in [9.17, 15) is 9.59 Å². The molecule has 0 aromatic rings. The lowest BCUT2D eigenvalue weighted by atomic mass is 9.69. The van der Waals surface area contributed by atoms with Gasteiger partial charge in [-0.1, -0.05) is 13.8 Å². The molecule has 0 unspecified atom stereocenters. The first-order chi connectivity index (χ1) is 10.5. The third kappa shape index (κ3) is 2.78. The molecule has 1 heterocycles. The molecule has 0 N–H and O–H groups in total. The van der Waals surface area contributed by atoms with Crippen molar-refractivity contribution in [3.05, 3.63) is 11.8 Å². The lowest BCUT2D eigenvalue weighted by Gasteiger charge is -2.41. The molecule has 0 saturated carbocycles. The topological polar surface area (TPSA) is 55.8 Å². The Balaban J connectivity index is 2.34. The molecule has 1 fully saturated rings. The number of hydrogen-bond donors (Lipinski definition) is 0. The summed E-state index contributed by atoms with van der Waals surface area (Å²) in [5.74, 6) is 0.503. The van der Waals surface area contributed by atoms with Gasteiger partial charge >= 0.3 is 0 Å². The third-order valence-corrected chi connectivity index (χ3v) is 5.12. The van der Waals surface area contributed by atoms with E-state index in [-0.39, 0.29) is 23.7 Å². The largest absolute Gasteiger partial charge is 0.500 e. The summed E-state index contributed by atoms with van der Waals surface area (Å²) in [4.78, 5) is 27.2. The van der Waals surface area contributed by atoms with Gasteiger partial charge in [0.05, 0.1) is 19.8 Å². The maximum absolute atomic E-state index is 13.3. The number of nitrogens with zero attached hydrogens (tertiary/aromatic N) is 1. The minimum atomic E-state index is -0.710. The summed E-state index contributed by atoms with van der Waals surface area (Å²) >= 11 is 0. The van der Waals surface area contributed by atoms with Crippen LogP contribution in [0.25, 0.3) is 0 Å². The number of likely N-dealkylation sites (tertiary alicyclic amines) is 1. The number of ketones is 1. The van der Waals surface area contributed by atoms with Crippen LogP contribution in [0.5, 0.6) is 0 Å². The summed E-state index contributed by atoms with van der Waals surface area (Å²) in [6.07, 6.45) is 4.66. The maximum Gasteiger partial charge on any atom is 0.236 e. The first kappa shape index (κ1) is 17.0. The van der Waals surface area contributed by atoms with Crippen molar-refractivity contribution in [1.29, 1.82) is 0 Å². The summed E-state index contributed by atoms with van der Waals surface area (Å²) in [5.41, 5.74) is -0.710. The smallest absolute Gasteiger partial charge is 0.236 e. The lowest BCUT2D eigenvalue weighted by molar-refractivity contribution is -0.146. The Morgan fingerprint density at radius 1 is 1.45 bits per heavy atom. The maximum atomic E-state index is 13.3. The quantitative estimate of drug-likeness (QED) is 0.781. The predicted molar refractivity (Wildman–Crippen MR) is 83.2 cm³/mol. The van der Waals surface area contributed by atoms with Gasteiger partial charge in [-0.25, -0.2) is 0 Å². The zero-order valence-electron chi connectivity index (χ0n) is 14.1. The number of rotatable bonds is 5. The second kappa shape index (κ2) is 6.82. The van der Waals surface area contributed by atoms with Gasteiger partial charge in [0, 0.05) is 25.6 Å². The number of ether oxygens (including phenoxy) is 2. The molecule has 0 aromatic heterocycles. The second-order valence-corrected chi connectivity index (χ2v) is 6.41. The van der Waals surface area contributed by atoms with Gasteiger partial charge < -0.3 is 14.4 Å². The monoisotopic (exact) mass is 309 g/mol. The van der Waals surface area contributed by atoms with E-state index in [1.807, 2.05) is 18.7 Å². The molecular weight excluding hydrogens is 282 g/mol. The standard InChI is InChI=1S/C17H27NO4/c1-5-17(10-12(2)14(19)9-15(17)22-4)16(20)18-8-6-7-13(18)11-21-3/h9,12-13H,5-8,10-11H2,1-4H3/t12-,13-,17+/m0/s1. The molecule has 0 radical (unpaired) electrons. The van der Waals surface area contributed by atoms with Crippen LogP contribution < -0.4 is 0 Å². The fraction of sp³-hybridized carbons (Fsp3) is 0.765. The summed E-state index contributed by atoms with van der Waals surface area (Å²) in [7, 11) is 3.21. The van der Waals surface area contributed by atoms with E-state index in [1.165, 1.54) is 6.08 Å². The summed E-state index contributed by atoms with van der Waals surface area (Å²) < 4.78 is 10.7. The minimum Gasteiger partial charge on any atom is -0.500 e. The number of hydrogen-bond acceptors (Lipinski definition) is 4. The highest BCUT2D eigenvalue weighted by atomic mass is 16.5. The van der Waals surface area contributed by atoms with Crippen molar-refractivity contribution in [2.45, 2.75) is 45.6 Å². The Labute approximate surface area is 132 Å². The molecule has 1 aliphatic heterocycles. The number of carbonyl (C=O) groups is 2. The Hall–Kier alpha value is -1.36. The molecule has 1 aliphatic carbocycles. The highest BCUT2D eigenvalue weighted by Crippen LogP contribution is 2.44. The van der Waals surface area contributed by atoms with Crippen LogP contribution >= 0.6 is 0 Å². The van der Waals surface area contributed by atoms with Crippen molar-refractivity contribution in [2.24, 2.45) is 11.3 Å². The van der Waals surface area contributed by atoms with Crippen molar-refractivity contribution >= 4 is 11.7 Å². The van der Waals surface area contributed by atoms with Crippen LogP contribution in [0.15, 0.2) is 11.8 Å². The summed E-state index contributed by atoms with van der Waals surface area (Å²) in [6.45, 7) is 5.20.